The van der Waals surface area contributed by atoms with Crippen LogP contribution in [0.4, 0.5) is 5.82 Å². The summed E-state index contributed by atoms with van der Waals surface area (Å²) in [4.78, 5) is 12.1. The van der Waals surface area contributed by atoms with Crippen molar-refractivity contribution >= 4 is 28.3 Å². The van der Waals surface area contributed by atoms with E-state index in [4.69, 9.17) is 26.2 Å². The van der Waals surface area contributed by atoms with E-state index in [0.717, 1.165) is 16.6 Å². The summed E-state index contributed by atoms with van der Waals surface area (Å²) in [7, 11) is 0. The number of halogens is 1. The average molecular weight is 322 g/mol. The SMILES string of the molecule is [2H]C([2H])([2H])n1cnc(C(C)Oc2cc(C)c(Cl)c3ncnc(N)c23)n1. The third kappa shape index (κ3) is 2.43. The Morgan fingerprint density at radius 2 is 2.23 bits per heavy atom. The zero-order valence-corrected chi connectivity index (χ0v) is 12.7. The molecule has 0 saturated carbocycles. The molecule has 3 rings (SSSR count). The third-order valence-corrected chi connectivity index (χ3v) is 3.68. The van der Waals surface area contributed by atoms with E-state index in [1.807, 2.05) is 6.92 Å². The number of nitrogens with two attached hydrogens (primary N) is 1. The van der Waals surface area contributed by atoms with Crippen LogP contribution in [0.25, 0.3) is 10.9 Å². The van der Waals surface area contributed by atoms with Crippen LogP contribution >= 0.6 is 11.6 Å². The number of benzene rings is 1. The fourth-order valence-corrected chi connectivity index (χ4v) is 2.32. The number of anilines is 1. The molecule has 0 aliphatic heterocycles. The summed E-state index contributed by atoms with van der Waals surface area (Å²) in [5.41, 5.74) is 7.20. The smallest absolute Gasteiger partial charge is 0.191 e. The Morgan fingerprint density at radius 3 is 2.95 bits per heavy atom. The van der Waals surface area contributed by atoms with E-state index in [0.29, 0.717) is 21.7 Å². The molecule has 0 amide bonds. The van der Waals surface area contributed by atoms with E-state index < -0.39 is 13.1 Å². The van der Waals surface area contributed by atoms with E-state index in [9.17, 15) is 0 Å². The molecule has 2 N–H and O–H groups in total. The Bertz CT molecular complexity index is 942. The Morgan fingerprint density at radius 1 is 1.41 bits per heavy atom. The molecule has 3 aromatic rings. The van der Waals surface area contributed by atoms with E-state index in [1.165, 1.54) is 6.33 Å². The number of nitrogens with zero attached hydrogens (tertiary/aromatic N) is 5. The molecule has 1 atom stereocenters. The van der Waals surface area contributed by atoms with Crippen LogP contribution in [-0.4, -0.2) is 24.7 Å². The largest absolute Gasteiger partial charge is 0.482 e. The van der Waals surface area contributed by atoms with Gasteiger partial charge in [-0.3, -0.25) is 4.68 Å². The average Bonchev–Trinajstić information content (AvgIpc) is 3.02. The number of aromatic nitrogens is 5. The van der Waals surface area contributed by atoms with Crippen molar-refractivity contribution in [2.75, 3.05) is 5.73 Å². The molecule has 7 nitrogen and oxygen atoms in total. The van der Waals surface area contributed by atoms with Gasteiger partial charge in [-0.05, 0) is 25.5 Å². The molecule has 1 aromatic carbocycles. The van der Waals surface area contributed by atoms with Crippen LogP contribution in [0.3, 0.4) is 0 Å². The lowest BCUT2D eigenvalue weighted by Crippen LogP contribution is -2.07. The monoisotopic (exact) mass is 321 g/mol. The van der Waals surface area contributed by atoms with Crippen LogP contribution < -0.4 is 10.5 Å². The minimum atomic E-state index is -2.40. The van der Waals surface area contributed by atoms with Crippen molar-refractivity contribution in [1.29, 1.82) is 0 Å². The van der Waals surface area contributed by atoms with Crippen molar-refractivity contribution < 1.29 is 8.85 Å². The highest BCUT2D eigenvalue weighted by Crippen LogP contribution is 2.37. The summed E-state index contributed by atoms with van der Waals surface area (Å²) in [6.07, 6.45) is 1.85. The fourth-order valence-electron chi connectivity index (χ4n) is 2.13. The maximum Gasteiger partial charge on any atom is 0.191 e. The summed E-state index contributed by atoms with van der Waals surface area (Å²) >= 11 is 6.29. The van der Waals surface area contributed by atoms with Gasteiger partial charge < -0.3 is 10.5 Å². The number of hydrogen-bond donors (Lipinski definition) is 1. The predicted molar refractivity (Wildman–Crippen MR) is 83.7 cm³/mol. The molecule has 0 aliphatic carbocycles. The topological polar surface area (TPSA) is 91.7 Å². The van der Waals surface area contributed by atoms with Gasteiger partial charge in [0, 0.05) is 11.1 Å². The van der Waals surface area contributed by atoms with E-state index in [-0.39, 0.29) is 11.6 Å². The summed E-state index contributed by atoms with van der Waals surface area (Å²) < 4.78 is 28.7. The molecular weight excluding hydrogens is 304 g/mol. The summed E-state index contributed by atoms with van der Waals surface area (Å²) in [5.74, 6) is 0.884. The quantitative estimate of drug-likeness (QED) is 0.796. The molecule has 0 saturated heterocycles. The molecule has 0 bridgehead atoms. The van der Waals surface area contributed by atoms with E-state index in [1.54, 1.807) is 13.0 Å². The number of ether oxygens (including phenoxy) is 1. The van der Waals surface area contributed by atoms with Gasteiger partial charge in [0.25, 0.3) is 0 Å². The highest BCUT2D eigenvalue weighted by atomic mass is 35.5. The maximum absolute atomic E-state index is 7.34. The van der Waals surface area contributed by atoms with Crippen LogP contribution in [0.1, 0.15) is 28.5 Å². The van der Waals surface area contributed by atoms with Crippen molar-refractivity contribution in [3.05, 3.63) is 35.1 Å². The lowest BCUT2D eigenvalue weighted by Gasteiger charge is -2.16. The molecule has 0 aliphatic rings. The maximum atomic E-state index is 7.34. The molecule has 22 heavy (non-hydrogen) atoms. The first-order valence-electron chi connectivity index (χ1n) is 7.96. The summed E-state index contributed by atoms with van der Waals surface area (Å²) in [6, 6.07) is 1.72. The van der Waals surface area contributed by atoms with Gasteiger partial charge in [-0.1, -0.05) is 11.6 Å². The second-order valence-electron chi connectivity index (χ2n) is 4.80. The van der Waals surface area contributed by atoms with Gasteiger partial charge in [-0.25, -0.2) is 15.0 Å². The van der Waals surface area contributed by atoms with Gasteiger partial charge >= 0.3 is 0 Å². The first-order valence-corrected chi connectivity index (χ1v) is 6.84. The second kappa shape index (κ2) is 5.42. The first kappa shape index (κ1) is 11.2. The van der Waals surface area contributed by atoms with E-state index >= 15 is 0 Å². The Kier molecular flexibility index (Phi) is 2.76. The summed E-state index contributed by atoms with van der Waals surface area (Å²) in [5, 5.41) is 4.90. The van der Waals surface area contributed by atoms with Gasteiger partial charge in [0.2, 0.25) is 0 Å². The lowest BCUT2D eigenvalue weighted by molar-refractivity contribution is 0.219. The predicted octanol–water partition coefficient (Wildman–Crippen LogP) is 2.44. The molecular formula is C14H15ClN6O. The number of fused-ring (bicyclic) bond motifs is 1. The van der Waals surface area contributed by atoms with Gasteiger partial charge in [-0.15, -0.1) is 0 Å². The third-order valence-electron chi connectivity index (χ3n) is 3.20. The number of hydrogen-bond acceptors (Lipinski definition) is 6. The molecule has 0 spiro atoms. The molecule has 0 fully saturated rings. The van der Waals surface area contributed by atoms with Crippen LogP contribution in [-0.2, 0) is 6.98 Å². The number of nitrogen functional groups attached to an aromatic ring is 1. The Balaban J connectivity index is 2.00. The van der Waals surface area contributed by atoms with Crippen molar-refractivity contribution in [3.63, 3.8) is 0 Å². The molecule has 2 heterocycles. The standard InChI is InChI=1S/C14H15ClN6O/c1-7-4-9(22-8(2)14-19-6-21(3)20-14)10-12(11(7)15)17-5-18-13(10)16/h4-6,8H,1-3H3,(H2,16,17,18)/i3D3. The Hall–Kier alpha value is -2.41. The normalized spacial score (nSPS) is 15.1. The Labute approximate surface area is 136 Å². The highest BCUT2D eigenvalue weighted by molar-refractivity contribution is 6.36. The van der Waals surface area contributed by atoms with Gasteiger partial charge in [-0.2, -0.15) is 5.10 Å². The molecule has 2 aromatic heterocycles. The molecule has 114 valence electrons. The second-order valence-corrected chi connectivity index (χ2v) is 5.17. The molecule has 1 unspecified atom stereocenters. The van der Waals surface area contributed by atoms with Gasteiger partial charge in [0.1, 0.15) is 24.2 Å². The van der Waals surface area contributed by atoms with Gasteiger partial charge in [0.05, 0.1) is 15.9 Å². The highest BCUT2D eigenvalue weighted by Gasteiger charge is 2.18. The van der Waals surface area contributed by atoms with Crippen LogP contribution in [0.15, 0.2) is 18.7 Å². The first-order chi connectivity index (χ1) is 11.7. The summed E-state index contributed by atoms with van der Waals surface area (Å²) in [6.45, 7) is 1.13. The molecule has 0 radical (unpaired) electrons. The van der Waals surface area contributed by atoms with Crippen molar-refractivity contribution in [3.8, 4) is 5.75 Å². The lowest BCUT2D eigenvalue weighted by atomic mass is 10.1. The number of aryl methyl sites for hydroxylation is 2. The zero-order valence-electron chi connectivity index (χ0n) is 14.9. The van der Waals surface area contributed by atoms with Crippen LogP contribution in [0.2, 0.25) is 5.02 Å². The van der Waals surface area contributed by atoms with Crippen molar-refractivity contribution in [2.45, 2.75) is 20.0 Å². The minimum absolute atomic E-state index is 0.229. The van der Waals surface area contributed by atoms with Crippen LogP contribution in [0, 0.1) is 6.92 Å². The minimum Gasteiger partial charge on any atom is -0.482 e. The van der Waals surface area contributed by atoms with Crippen molar-refractivity contribution in [2.24, 2.45) is 6.98 Å². The van der Waals surface area contributed by atoms with E-state index in [2.05, 4.69) is 20.1 Å². The fraction of sp³-hybridized carbons (Fsp3) is 0.286. The van der Waals surface area contributed by atoms with Gasteiger partial charge in [0.15, 0.2) is 11.9 Å². The zero-order chi connectivity index (χ0) is 18.4. The molecule has 8 heteroatoms. The number of rotatable bonds is 3. The van der Waals surface area contributed by atoms with Crippen LogP contribution in [0.5, 0.6) is 5.75 Å². The van der Waals surface area contributed by atoms with Crippen molar-refractivity contribution in [1.82, 2.24) is 24.7 Å².